The van der Waals surface area contributed by atoms with Gasteiger partial charge in [-0.3, -0.25) is 9.59 Å². The lowest BCUT2D eigenvalue weighted by Crippen LogP contribution is -2.26. The van der Waals surface area contributed by atoms with E-state index in [1.54, 1.807) is 18.2 Å². The first-order valence-electron chi connectivity index (χ1n) is 5.82. The van der Waals surface area contributed by atoms with E-state index in [2.05, 4.69) is 0 Å². The molecule has 1 atom stereocenters. The molecule has 1 N–H and O–H groups in total. The summed E-state index contributed by atoms with van der Waals surface area (Å²) in [5.41, 5.74) is 0.567. The summed E-state index contributed by atoms with van der Waals surface area (Å²) in [7, 11) is 3.03. The molecule has 6 nitrogen and oxygen atoms in total. The lowest BCUT2D eigenvalue weighted by atomic mass is 10.1. The number of carbonyl (C=O) groups excluding carboxylic acids is 1. The average Bonchev–Trinajstić information content (AvgIpc) is 2.80. The summed E-state index contributed by atoms with van der Waals surface area (Å²) < 4.78 is 10.3. The van der Waals surface area contributed by atoms with Crippen LogP contribution in [0.25, 0.3) is 0 Å². The highest BCUT2D eigenvalue weighted by Crippen LogP contribution is 2.35. The van der Waals surface area contributed by atoms with Crippen molar-refractivity contribution in [2.75, 3.05) is 25.7 Å². The third kappa shape index (κ3) is 2.47. The Kier molecular flexibility index (Phi) is 3.59. The van der Waals surface area contributed by atoms with Crippen molar-refractivity contribution >= 4 is 17.6 Å². The van der Waals surface area contributed by atoms with E-state index < -0.39 is 11.9 Å². The average molecular weight is 265 g/mol. The van der Waals surface area contributed by atoms with Gasteiger partial charge in [-0.1, -0.05) is 0 Å². The van der Waals surface area contributed by atoms with Crippen LogP contribution in [0.15, 0.2) is 18.2 Å². The maximum atomic E-state index is 11.9. The third-order valence-corrected chi connectivity index (χ3v) is 3.15. The molecule has 1 saturated heterocycles. The molecule has 1 amide bonds. The maximum Gasteiger partial charge on any atom is 0.308 e. The van der Waals surface area contributed by atoms with E-state index in [0.29, 0.717) is 17.2 Å². The Hall–Kier alpha value is -2.24. The zero-order chi connectivity index (χ0) is 14.0. The summed E-state index contributed by atoms with van der Waals surface area (Å²) in [6, 6.07) is 5.07. The highest BCUT2D eigenvalue weighted by Gasteiger charge is 2.36. The van der Waals surface area contributed by atoms with Gasteiger partial charge in [0.1, 0.15) is 11.5 Å². The summed E-state index contributed by atoms with van der Waals surface area (Å²) in [6.07, 6.45) is 0.0184. The second kappa shape index (κ2) is 5.17. The molecular formula is C13H15NO5. The zero-order valence-electron chi connectivity index (χ0n) is 10.8. The van der Waals surface area contributed by atoms with Gasteiger partial charge in [0.05, 0.1) is 25.8 Å². The summed E-state index contributed by atoms with van der Waals surface area (Å²) in [5, 5.41) is 8.97. The number of anilines is 1. The molecule has 1 unspecified atom stereocenters. The van der Waals surface area contributed by atoms with Crippen molar-refractivity contribution in [2.45, 2.75) is 6.42 Å². The first-order valence-corrected chi connectivity index (χ1v) is 5.82. The molecule has 102 valence electrons. The SMILES string of the molecule is COc1ccc(N2CC(C(=O)O)CC2=O)c(OC)c1. The van der Waals surface area contributed by atoms with Crippen LogP contribution in [-0.2, 0) is 9.59 Å². The smallest absolute Gasteiger partial charge is 0.308 e. The quantitative estimate of drug-likeness (QED) is 0.883. The fourth-order valence-electron chi connectivity index (χ4n) is 2.11. The molecule has 2 rings (SSSR count). The van der Waals surface area contributed by atoms with E-state index in [4.69, 9.17) is 14.6 Å². The van der Waals surface area contributed by atoms with Crippen molar-refractivity contribution in [1.29, 1.82) is 0 Å². The number of methoxy groups -OCH3 is 2. The largest absolute Gasteiger partial charge is 0.497 e. The van der Waals surface area contributed by atoms with Crippen molar-refractivity contribution < 1.29 is 24.2 Å². The van der Waals surface area contributed by atoms with Crippen LogP contribution < -0.4 is 14.4 Å². The third-order valence-electron chi connectivity index (χ3n) is 3.15. The van der Waals surface area contributed by atoms with Gasteiger partial charge in [-0.15, -0.1) is 0 Å². The fraction of sp³-hybridized carbons (Fsp3) is 0.385. The molecule has 6 heteroatoms. The van der Waals surface area contributed by atoms with E-state index in [0.717, 1.165) is 0 Å². The number of carboxylic acids is 1. The number of carbonyl (C=O) groups is 2. The number of rotatable bonds is 4. The monoisotopic (exact) mass is 265 g/mol. The molecule has 0 aliphatic carbocycles. The lowest BCUT2D eigenvalue weighted by molar-refractivity contribution is -0.141. The van der Waals surface area contributed by atoms with Crippen LogP contribution in [0, 0.1) is 5.92 Å². The van der Waals surface area contributed by atoms with E-state index in [1.807, 2.05) is 0 Å². The molecule has 19 heavy (non-hydrogen) atoms. The van der Waals surface area contributed by atoms with Gasteiger partial charge in [0.2, 0.25) is 5.91 Å². The Bertz CT molecular complexity index is 514. The minimum absolute atomic E-state index is 0.0184. The number of ether oxygens (including phenoxy) is 2. The highest BCUT2D eigenvalue weighted by atomic mass is 16.5. The van der Waals surface area contributed by atoms with Gasteiger partial charge < -0.3 is 19.5 Å². The molecule has 1 fully saturated rings. The predicted octanol–water partition coefficient (Wildman–Crippen LogP) is 1.14. The van der Waals surface area contributed by atoms with Crippen molar-refractivity contribution in [2.24, 2.45) is 5.92 Å². The molecule has 1 aromatic rings. The maximum absolute atomic E-state index is 11.9. The first kappa shape index (κ1) is 13.2. The molecular weight excluding hydrogens is 250 g/mol. The minimum atomic E-state index is -0.955. The zero-order valence-corrected chi connectivity index (χ0v) is 10.8. The Morgan fingerprint density at radius 3 is 2.63 bits per heavy atom. The van der Waals surface area contributed by atoms with Gasteiger partial charge in [-0.2, -0.15) is 0 Å². The molecule has 1 aliphatic rings. The highest BCUT2D eigenvalue weighted by molar-refractivity contribution is 6.00. The number of hydrogen-bond donors (Lipinski definition) is 1. The van der Waals surface area contributed by atoms with Gasteiger partial charge in [0.25, 0.3) is 0 Å². The second-order valence-electron chi connectivity index (χ2n) is 4.28. The molecule has 0 spiro atoms. The fourth-order valence-corrected chi connectivity index (χ4v) is 2.11. The predicted molar refractivity (Wildman–Crippen MR) is 67.6 cm³/mol. The minimum Gasteiger partial charge on any atom is -0.497 e. The molecule has 1 aromatic carbocycles. The second-order valence-corrected chi connectivity index (χ2v) is 4.28. The number of carboxylic acid groups (broad SMARTS) is 1. The van der Waals surface area contributed by atoms with E-state index >= 15 is 0 Å². The molecule has 0 aromatic heterocycles. The number of benzene rings is 1. The van der Waals surface area contributed by atoms with Crippen LogP contribution in [0.3, 0.4) is 0 Å². The standard InChI is InChI=1S/C13H15NO5/c1-18-9-3-4-10(11(6-9)19-2)14-7-8(13(16)17)5-12(14)15/h3-4,6,8H,5,7H2,1-2H3,(H,16,17). The van der Waals surface area contributed by atoms with E-state index in [1.165, 1.54) is 19.1 Å². The molecule has 0 bridgehead atoms. The number of nitrogens with zero attached hydrogens (tertiary/aromatic N) is 1. The van der Waals surface area contributed by atoms with Crippen LogP contribution in [0.2, 0.25) is 0 Å². The van der Waals surface area contributed by atoms with Crippen molar-refractivity contribution in [3.8, 4) is 11.5 Å². The summed E-state index contributed by atoms with van der Waals surface area (Å²) in [4.78, 5) is 24.3. The normalized spacial score (nSPS) is 18.5. The van der Waals surface area contributed by atoms with E-state index in [9.17, 15) is 9.59 Å². The van der Waals surface area contributed by atoms with Crippen molar-refractivity contribution in [1.82, 2.24) is 0 Å². The van der Waals surface area contributed by atoms with Crippen molar-refractivity contribution in [3.63, 3.8) is 0 Å². The van der Waals surface area contributed by atoms with Gasteiger partial charge in [0.15, 0.2) is 0 Å². The number of hydrogen-bond acceptors (Lipinski definition) is 4. The van der Waals surface area contributed by atoms with Gasteiger partial charge >= 0.3 is 5.97 Å². The van der Waals surface area contributed by atoms with Crippen LogP contribution in [-0.4, -0.2) is 37.7 Å². The molecule has 1 aliphatic heterocycles. The van der Waals surface area contributed by atoms with Crippen LogP contribution in [0.1, 0.15) is 6.42 Å². The molecule has 0 saturated carbocycles. The Morgan fingerprint density at radius 2 is 2.11 bits per heavy atom. The van der Waals surface area contributed by atoms with Crippen LogP contribution in [0.4, 0.5) is 5.69 Å². The van der Waals surface area contributed by atoms with Crippen molar-refractivity contribution in [3.05, 3.63) is 18.2 Å². The number of amides is 1. The van der Waals surface area contributed by atoms with E-state index in [-0.39, 0.29) is 18.9 Å². The van der Waals surface area contributed by atoms with Crippen LogP contribution >= 0.6 is 0 Å². The van der Waals surface area contributed by atoms with Gasteiger partial charge in [0, 0.05) is 19.0 Å². The summed E-state index contributed by atoms with van der Waals surface area (Å²) in [6.45, 7) is 0.164. The Labute approximate surface area is 110 Å². The first-order chi connectivity index (χ1) is 9.06. The Morgan fingerprint density at radius 1 is 1.37 bits per heavy atom. The molecule has 0 radical (unpaired) electrons. The topological polar surface area (TPSA) is 76.1 Å². The lowest BCUT2D eigenvalue weighted by Gasteiger charge is -2.19. The Balaban J connectivity index is 2.31. The van der Waals surface area contributed by atoms with Gasteiger partial charge in [-0.05, 0) is 12.1 Å². The summed E-state index contributed by atoms with van der Waals surface area (Å²) in [5.74, 6) is -0.737. The van der Waals surface area contributed by atoms with Crippen LogP contribution in [0.5, 0.6) is 11.5 Å². The number of aliphatic carboxylic acids is 1. The summed E-state index contributed by atoms with van der Waals surface area (Å²) >= 11 is 0. The van der Waals surface area contributed by atoms with Gasteiger partial charge in [-0.25, -0.2) is 0 Å². The molecule has 1 heterocycles.